The Kier molecular flexibility index (Phi) is 4.88. The first-order valence-electron chi connectivity index (χ1n) is 7.53. The molecule has 1 aromatic rings. The van der Waals surface area contributed by atoms with Crippen molar-refractivity contribution in [2.75, 3.05) is 11.9 Å². The van der Waals surface area contributed by atoms with E-state index in [9.17, 15) is 9.59 Å². The van der Waals surface area contributed by atoms with Gasteiger partial charge in [0.15, 0.2) is 0 Å². The molecule has 0 aromatic carbocycles. The minimum absolute atomic E-state index is 0.0323. The number of likely N-dealkylation sites (tertiary alicyclic amines) is 1. The summed E-state index contributed by atoms with van der Waals surface area (Å²) in [5.41, 5.74) is 1.09. The number of H-pyrrole nitrogens is 1. The molecule has 0 bridgehead atoms. The number of carboxylic acid groups (broad SMARTS) is 1. The molecule has 116 valence electrons. The standard InChI is InChI=1S/C15H23N3O3/c1-3-6-11-7-4-5-8-18(11)15(21)17-12-9-10(2)16-13(12)14(19)20/h9,11,16H,3-8H2,1-2H3,(H,17,21)(H,19,20). The Morgan fingerprint density at radius 3 is 2.90 bits per heavy atom. The van der Waals surface area contributed by atoms with Crippen molar-refractivity contribution in [1.82, 2.24) is 9.88 Å². The molecule has 6 nitrogen and oxygen atoms in total. The number of rotatable bonds is 4. The maximum absolute atomic E-state index is 12.4. The highest BCUT2D eigenvalue weighted by Gasteiger charge is 2.27. The SMILES string of the molecule is CCCC1CCCCN1C(=O)Nc1cc(C)[nH]c1C(=O)O. The van der Waals surface area contributed by atoms with Crippen LogP contribution in [0.2, 0.25) is 0 Å². The average molecular weight is 293 g/mol. The molecular formula is C15H23N3O3. The summed E-state index contributed by atoms with van der Waals surface area (Å²) in [6, 6.07) is 1.71. The molecule has 0 spiro atoms. The molecule has 21 heavy (non-hydrogen) atoms. The molecule has 1 aromatic heterocycles. The molecule has 1 saturated heterocycles. The van der Waals surface area contributed by atoms with Gasteiger partial charge in [-0.05, 0) is 38.7 Å². The van der Waals surface area contributed by atoms with E-state index in [1.807, 2.05) is 4.90 Å². The molecule has 0 radical (unpaired) electrons. The van der Waals surface area contributed by atoms with E-state index in [-0.39, 0.29) is 17.8 Å². The molecule has 1 unspecified atom stereocenters. The lowest BCUT2D eigenvalue weighted by atomic mass is 9.99. The summed E-state index contributed by atoms with van der Waals surface area (Å²) in [5.74, 6) is -1.07. The maximum atomic E-state index is 12.4. The molecule has 2 amide bonds. The smallest absolute Gasteiger partial charge is 0.354 e. The summed E-state index contributed by atoms with van der Waals surface area (Å²) in [4.78, 5) is 28.2. The molecule has 2 rings (SSSR count). The number of carbonyl (C=O) groups excluding carboxylic acids is 1. The van der Waals surface area contributed by atoms with Gasteiger partial charge >= 0.3 is 12.0 Å². The summed E-state index contributed by atoms with van der Waals surface area (Å²) < 4.78 is 0. The van der Waals surface area contributed by atoms with E-state index in [0.717, 1.165) is 38.6 Å². The molecule has 1 aliphatic heterocycles. The first-order chi connectivity index (χ1) is 10.0. The molecule has 6 heteroatoms. The van der Waals surface area contributed by atoms with Crippen LogP contribution in [-0.2, 0) is 0 Å². The summed E-state index contributed by atoms with van der Waals surface area (Å²) in [6.07, 6.45) is 5.21. The minimum atomic E-state index is -1.07. The zero-order chi connectivity index (χ0) is 15.4. The van der Waals surface area contributed by atoms with E-state index < -0.39 is 5.97 Å². The Bertz CT molecular complexity index is 522. The number of aromatic carboxylic acids is 1. The number of carboxylic acids is 1. The second-order valence-electron chi connectivity index (χ2n) is 5.61. The minimum Gasteiger partial charge on any atom is -0.477 e. The molecular weight excluding hydrogens is 270 g/mol. The Balaban J connectivity index is 2.11. The van der Waals surface area contributed by atoms with Crippen LogP contribution in [-0.4, -0.2) is 39.6 Å². The van der Waals surface area contributed by atoms with Crippen LogP contribution in [0, 0.1) is 6.92 Å². The third-order valence-electron chi connectivity index (χ3n) is 3.92. The predicted molar refractivity (Wildman–Crippen MR) is 80.8 cm³/mol. The van der Waals surface area contributed by atoms with Crippen LogP contribution in [0.4, 0.5) is 10.5 Å². The van der Waals surface area contributed by atoms with Crippen molar-refractivity contribution in [3.63, 3.8) is 0 Å². The largest absolute Gasteiger partial charge is 0.477 e. The van der Waals surface area contributed by atoms with E-state index in [1.165, 1.54) is 0 Å². The van der Waals surface area contributed by atoms with Gasteiger partial charge in [0, 0.05) is 18.3 Å². The first kappa shape index (κ1) is 15.4. The number of aromatic nitrogens is 1. The highest BCUT2D eigenvalue weighted by Crippen LogP contribution is 2.23. The van der Waals surface area contributed by atoms with Crippen molar-refractivity contribution < 1.29 is 14.7 Å². The lowest BCUT2D eigenvalue weighted by Gasteiger charge is -2.35. The molecule has 1 fully saturated rings. The normalized spacial score (nSPS) is 18.6. The Labute approximate surface area is 124 Å². The number of nitrogens with zero attached hydrogens (tertiary/aromatic N) is 1. The highest BCUT2D eigenvalue weighted by atomic mass is 16.4. The third kappa shape index (κ3) is 3.56. The molecule has 1 atom stereocenters. The van der Waals surface area contributed by atoms with Gasteiger partial charge in [-0.2, -0.15) is 0 Å². The van der Waals surface area contributed by atoms with Crippen LogP contribution >= 0.6 is 0 Å². The van der Waals surface area contributed by atoms with Crippen LogP contribution in [0.1, 0.15) is 55.2 Å². The fraction of sp³-hybridized carbons (Fsp3) is 0.600. The Morgan fingerprint density at radius 1 is 1.48 bits per heavy atom. The summed E-state index contributed by atoms with van der Waals surface area (Å²) in [6.45, 7) is 4.62. The third-order valence-corrected chi connectivity index (χ3v) is 3.92. The fourth-order valence-corrected chi connectivity index (χ4v) is 2.94. The zero-order valence-electron chi connectivity index (χ0n) is 12.6. The monoisotopic (exact) mass is 293 g/mol. The van der Waals surface area contributed by atoms with E-state index >= 15 is 0 Å². The molecule has 2 heterocycles. The van der Waals surface area contributed by atoms with Gasteiger partial charge in [0.05, 0.1) is 5.69 Å². The molecule has 0 aliphatic carbocycles. The number of nitrogens with one attached hydrogen (secondary N) is 2. The van der Waals surface area contributed by atoms with Crippen LogP contribution in [0.5, 0.6) is 0 Å². The lowest BCUT2D eigenvalue weighted by molar-refractivity contribution is 0.0692. The van der Waals surface area contributed by atoms with Gasteiger partial charge in [0.2, 0.25) is 0 Å². The number of carbonyl (C=O) groups is 2. The van der Waals surface area contributed by atoms with Crippen LogP contribution in [0.25, 0.3) is 0 Å². The maximum Gasteiger partial charge on any atom is 0.354 e. The predicted octanol–water partition coefficient (Wildman–Crippen LogP) is 3.21. The van der Waals surface area contributed by atoms with Gasteiger partial charge in [0.25, 0.3) is 0 Å². The molecule has 0 saturated carbocycles. The summed E-state index contributed by atoms with van der Waals surface area (Å²) in [7, 11) is 0. The van der Waals surface area contributed by atoms with E-state index in [0.29, 0.717) is 11.4 Å². The van der Waals surface area contributed by atoms with Gasteiger partial charge in [-0.15, -0.1) is 0 Å². The number of anilines is 1. The quantitative estimate of drug-likeness (QED) is 0.796. The van der Waals surface area contributed by atoms with Gasteiger partial charge in [-0.25, -0.2) is 9.59 Å². The number of piperidine rings is 1. The van der Waals surface area contributed by atoms with Gasteiger partial charge in [0.1, 0.15) is 5.69 Å². The van der Waals surface area contributed by atoms with E-state index in [2.05, 4.69) is 17.2 Å². The lowest BCUT2D eigenvalue weighted by Crippen LogP contribution is -2.45. The summed E-state index contributed by atoms with van der Waals surface area (Å²) in [5, 5.41) is 11.9. The number of urea groups is 1. The Hall–Kier alpha value is -1.98. The van der Waals surface area contributed by atoms with Crippen molar-refractivity contribution in [3.05, 3.63) is 17.5 Å². The van der Waals surface area contributed by atoms with Crippen molar-refractivity contribution in [3.8, 4) is 0 Å². The van der Waals surface area contributed by atoms with Gasteiger partial charge in [-0.3, -0.25) is 0 Å². The second-order valence-corrected chi connectivity index (χ2v) is 5.61. The van der Waals surface area contributed by atoms with Crippen molar-refractivity contribution in [2.24, 2.45) is 0 Å². The number of aromatic amines is 1. The number of aryl methyl sites for hydroxylation is 1. The first-order valence-corrected chi connectivity index (χ1v) is 7.53. The Morgan fingerprint density at radius 2 is 2.24 bits per heavy atom. The number of hydrogen-bond acceptors (Lipinski definition) is 2. The van der Waals surface area contributed by atoms with Crippen molar-refractivity contribution in [2.45, 2.75) is 52.0 Å². The van der Waals surface area contributed by atoms with Crippen LogP contribution in [0.3, 0.4) is 0 Å². The van der Waals surface area contributed by atoms with Gasteiger partial charge in [-0.1, -0.05) is 13.3 Å². The van der Waals surface area contributed by atoms with Crippen LogP contribution < -0.4 is 5.32 Å². The number of amides is 2. The van der Waals surface area contributed by atoms with Crippen molar-refractivity contribution >= 4 is 17.7 Å². The molecule has 1 aliphatic rings. The number of hydrogen-bond donors (Lipinski definition) is 3. The van der Waals surface area contributed by atoms with Crippen molar-refractivity contribution in [1.29, 1.82) is 0 Å². The zero-order valence-corrected chi connectivity index (χ0v) is 12.6. The van der Waals surface area contributed by atoms with E-state index in [4.69, 9.17) is 5.11 Å². The fourth-order valence-electron chi connectivity index (χ4n) is 2.94. The molecule has 3 N–H and O–H groups in total. The van der Waals surface area contributed by atoms with Gasteiger partial charge < -0.3 is 20.3 Å². The highest BCUT2D eigenvalue weighted by molar-refractivity contribution is 5.99. The topological polar surface area (TPSA) is 85.4 Å². The average Bonchev–Trinajstić information content (AvgIpc) is 2.80. The van der Waals surface area contributed by atoms with Crippen LogP contribution in [0.15, 0.2) is 6.07 Å². The summed E-state index contributed by atoms with van der Waals surface area (Å²) >= 11 is 0. The van der Waals surface area contributed by atoms with E-state index in [1.54, 1.807) is 13.0 Å². The second kappa shape index (κ2) is 6.65.